The molecule has 2 aromatic rings. The van der Waals surface area contributed by atoms with E-state index in [1.165, 1.54) is 41.3 Å². The van der Waals surface area contributed by atoms with Crippen molar-refractivity contribution in [3.8, 4) is 0 Å². The predicted octanol–water partition coefficient (Wildman–Crippen LogP) is 1.18. The molecule has 2 N–H and O–H groups in total. The van der Waals surface area contributed by atoms with Gasteiger partial charge in [-0.3, -0.25) is 14.4 Å². The number of rotatable bonds is 5. The summed E-state index contributed by atoms with van der Waals surface area (Å²) in [7, 11) is -2.78. The summed E-state index contributed by atoms with van der Waals surface area (Å²) in [6, 6.07) is 9.15. The molecule has 2 aromatic carbocycles. The molecule has 0 bridgehead atoms. The maximum atomic E-state index is 13.3. The van der Waals surface area contributed by atoms with Crippen LogP contribution in [-0.4, -0.2) is 55.1 Å². The van der Waals surface area contributed by atoms with Crippen molar-refractivity contribution in [1.29, 1.82) is 0 Å². The number of aliphatic hydroxyl groups is 1. The number of hydrogen-bond acceptors (Lipinski definition) is 5. The van der Waals surface area contributed by atoms with E-state index in [0.29, 0.717) is 29.9 Å². The number of carbonyl (C=O) groups is 1. The fourth-order valence-corrected chi connectivity index (χ4v) is 3.44. The number of amides is 1. The minimum absolute atomic E-state index is 0.0447. The highest BCUT2D eigenvalue weighted by molar-refractivity contribution is 7.73. The molecule has 1 unspecified atom stereocenters. The van der Waals surface area contributed by atoms with E-state index in [0.717, 1.165) is 6.07 Å². The first-order valence-electron chi connectivity index (χ1n) is 8.49. The number of hydrogen-bond donors (Lipinski definition) is 3. The Morgan fingerprint density at radius 3 is 2.32 bits per heavy atom. The van der Waals surface area contributed by atoms with Crippen molar-refractivity contribution in [2.24, 2.45) is 0 Å². The van der Waals surface area contributed by atoms with Gasteiger partial charge in [-0.15, -0.1) is 0 Å². The van der Waals surface area contributed by atoms with Crippen LogP contribution >= 0.6 is 0 Å². The van der Waals surface area contributed by atoms with Crippen molar-refractivity contribution in [2.45, 2.75) is 12.8 Å². The number of nitrogens with one attached hydrogen (secondary N) is 1. The van der Waals surface area contributed by atoms with E-state index >= 15 is 0 Å². The molecule has 1 atom stereocenters. The standard InChI is InChI=1S/C18H19F2N3O4S/c19-14-7-12(8-15(20)9-14)10-22-5-6-23(11-17(22)24)18(25)13-1-3-16(4-2-13)21-28(26)27/h1-4,7-9,17,24,28H,5-6,10-11H2,(H,21,26,27). The SMILES string of the molecule is O=C(c1ccc(N[SH](=O)=O)cc1)N1CCN(Cc2cc(F)cc(F)c2)C(O)C1. The van der Waals surface area contributed by atoms with Gasteiger partial charge in [-0.2, -0.15) is 0 Å². The van der Waals surface area contributed by atoms with Crippen LogP contribution in [0.25, 0.3) is 0 Å². The number of nitrogens with zero attached hydrogens (tertiary/aromatic N) is 2. The van der Waals surface area contributed by atoms with E-state index < -0.39 is 28.8 Å². The molecule has 10 heteroatoms. The van der Waals surface area contributed by atoms with Crippen LogP contribution in [0.4, 0.5) is 14.5 Å². The lowest BCUT2D eigenvalue weighted by molar-refractivity contribution is -0.0527. The number of thiol groups is 1. The van der Waals surface area contributed by atoms with Crippen LogP contribution in [0.2, 0.25) is 0 Å². The highest BCUT2D eigenvalue weighted by Crippen LogP contribution is 2.18. The second-order valence-corrected chi connectivity index (χ2v) is 7.16. The van der Waals surface area contributed by atoms with Crippen molar-refractivity contribution in [3.05, 3.63) is 65.2 Å². The third-order valence-electron chi connectivity index (χ3n) is 4.41. The lowest BCUT2D eigenvalue weighted by atomic mass is 10.1. The lowest BCUT2D eigenvalue weighted by Gasteiger charge is -2.38. The molecule has 1 aliphatic rings. The van der Waals surface area contributed by atoms with E-state index in [-0.39, 0.29) is 19.0 Å². The summed E-state index contributed by atoms with van der Waals surface area (Å²) in [6.07, 6.45) is -0.977. The molecule has 0 saturated carbocycles. The molecule has 0 spiro atoms. The van der Waals surface area contributed by atoms with E-state index in [1.54, 1.807) is 4.90 Å². The van der Waals surface area contributed by atoms with Crippen molar-refractivity contribution in [2.75, 3.05) is 24.4 Å². The van der Waals surface area contributed by atoms with Crippen LogP contribution in [-0.2, 0) is 17.4 Å². The largest absolute Gasteiger partial charge is 0.376 e. The average Bonchev–Trinajstić information content (AvgIpc) is 2.62. The van der Waals surface area contributed by atoms with E-state index in [4.69, 9.17) is 0 Å². The molecule has 150 valence electrons. The predicted molar refractivity (Wildman–Crippen MR) is 99.1 cm³/mol. The van der Waals surface area contributed by atoms with Crippen molar-refractivity contribution < 1.29 is 27.1 Å². The number of piperazine rings is 1. The lowest BCUT2D eigenvalue weighted by Crippen LogP contribution is -2.54. The van der Waals surface area contributed by atoms with Gasteiger partial charge in [-0.05, 0) is 42.0 Å². The van der Waals surface area contributed by atoms with Crippen LogP contribution in [0.1, 0.15) is 15.9 Å². The molecular weight excluding hydrogens is 392 g/mol. The van der Waals surface area contributed by atoms with Gasteiger partial charge in [0.1, 0.15) is 17.9 Å². The number of halogens is 2. The number of benzene rings is 2. The zero-order valence-electron chi connectivity index (χ0n) is 14.7. The maximum Gasteiger partial charge on any atom is 0.254 e. The molecule has 1 amide bonds. The van der Waals surface area contributed by atoms with E-state index in [1.807, 2.05) is 0 Å². The van der Waals surface area contributed by atoms with Crippen molar-refractivity contribution in [1.82, 2.24) is 9.80 Å². The quantitative estimate of drug-likeness (QED) is 0.643. The van der Waals surface area contributed by atoms with Gasteiger partial charge in [0.05, 0.1) is 6.54 Å². The summed E-state index contributed by atoms with van der Waals surface area (Å²) >= 11 is 0. The highest BCUT2D eigenvalue weighted by atomic mass is 32.2. The molecule has 1 saturated heterocycles. The van der Waals surface area contributed by atoms with Crippen LogP contribution in [0.3, 0.4) is 0 Å². The second-order valence-electron chi connectivity index (χ2n) is 6.43. The first-order valence-corrected chi connectivity index (χ1v) is 9.67. The number of carbonyl (C=O) groups excluding carboxylic acids is 1. The second kappa shape index (κ2) is 8.63. The van der Waals surface area contributed by atoms with Gasteiger partial charge >= 0.3 is 0 Å². The number of anilines is 1. The molecule has 3 rings (SSSR count). The molecule has 1 aliphatic heterocycles. The summed E-state index contributed by atoms with van der Waals surface area (Å²) in [5.74, 6) is -1.66. The monoisotopic (exact) mass is 411 g/mol. The number of aliphatic hydroxyl groups excluding tert-OH is 1. The zero-order chi connectivity index (χ0) is 20.3. The van der Waals surface area contributed by atoms with E-state index in [2.05, 4.69) is 4.72 Å². The molecule has 1 fully saturated rings. The molecule has 0 aliphatic carbocycles. The third-order valence-corrected chi connectivity index (χ3v) is 4.85. The summed E-state index contributed by atoms with van der Waals surface area (Å²) in [6.45, 7) is 0.871. The Morgan fingerprint density at radius 2 is 1.75 bits per heavy atom. The van der Waals surface area contributed by atoms with Crippen molar-refractivity contribution in [3.63, 3.8) is 0 Å². The Kier molecular flexibility index (Phi) is 6.22. The van der Waals surface area contributed by atoms with Gasteiger partial charge in [0.25, 0.3) is 5.91 Å². The Morgan fingerprint density at radius 1 is 1.11 bits per heavy atom. The fourth-order valence-electron chi connectivity index (χ4n) is 3.08. The zero-order valence-corrected chi connectivity index (χ0v) is 15.6. The Bertz CT molecular complexity index is 909. The normalized spacial score (nSPS) is 17.7. The molecule has 0 aromatic heterocycles. The van der Waals surface area contributed by atoms with Gasteiger partial charge in [0.15, 0.2) is 0 Å². The van der Waals surface area contributed by atoms with Crippen LogP contribution in [0, 0.1) is 11.6 Å². The average molecular weight is 411 g/mol. The minimum Gasteiger partial charge on any atom is -0.376 e. The topological polar surface area (TPSA) is 90.0 Å². The van der Waals surface area contributed by atoms with Gasteiger partial charge < -0.3 is 10.0 Å². The Labute approximate surface area is 162 Å². The molecular formula is C18H19F2N3O4S. The summed E-state index contributed by atoms with van der Waals surface area (Å²) < 4.78 is 50.2. The van der Waals surface area contributed by atoms with Crippen molar-refractivity contribution >= 4 is 22.5 Å². The van der Waals surface area contributed by atoms with Gasteiger partial charge in [-0.1, -0.05) is 0 Å². The first-order chi connectivity index (χ1) is 13.3. The number of β-amino-alcohol motifs (C(OH)–C–C–N with tert-alkyl or cyclic N) is 1. The molecule has 28 heavy (non-hydrogen) atoms. The summed E-state index contributed by atoms with van der Waals surface area (Å²) in [5, 5.41) is 10.3. The summed E-state index contributed by atoms with van der Waals surface area (Å²) in [5.41, 5.74) is 1.11. The van der Waals surface area contributed by atoms with Gasteiger partial charge in [0.2, 0.25) is 10.9 Å². The smallest absolute Gasteiger partial charge is 0.254 e. The maximum absolute atomic E-state index is 13.3. The molecule has 7 nitrogen and oxygen atoms in total. The summed E-state index contributed by atoms with van der Waals surface area (Å²) in [4.78, 5) is 15.7. The highest BCUT2D eigenvalue weighted by Gasteiger charge is 2.28. The van der Waals surface area contributed by atoms with Crippen LogP contribution in [0.15, 0.2) is 42.5 Å². The van der Waals surface area contributed by atoms with Gasteiger partial charge in [-0.25, -0.2) is 17.2 Å². The van der Waals surface area contributed by atoms with E-state index in [9.17, 15) is 27.1 Å². The molecule has 0 radical (unpaired) electrons. The Hall–Kier alpha value is -2.56. The van der Waals surface area contributed by atoms with Gasteiger partial charge in [0, 0.05) is 37.0 Å². The minimum atomic E-state index is -2.78. The van der Waals surface area contributed by atoms with Crippen LogP contribution in [0.5, 0.6) is 0 Å². The first kappa shape index (κ1) is 20.2. The molecule has 1 heterocycles. The Balaban J connectivity index is 1.61. The third kappa shape index (κ3) is 5.03. The fraction of sp³-hybridized carbons (Fsp3) is 0.278. The van der Waals surface area contributed by atoms with Crippen LogP contribution < -0.4 is 4.72 Å².